The van der Waals surface area contributed by atoms with Gasteiger partial charge in [0.05, 0.1) is 12.7 Å². The molecular weight excluding hydrogens is 356 g/mol. The topological polar surface area (TPSA) is 32.8 Å². The molecule has 0 saturated carbocycles. The predicted octanol–water partition coefficient (Wildman–Crippen LogP) is 3.89. The second-order valence-corrected chi connectivity index (χ2v) is 7.35. The second-order valence-electron chi connectivity index (χ2n) is 6.47. The van der Waals surface area contributed by atoms with Crippen LogP contribution >= 0.6 is 11.8 Å². The van der Waals surface area contributed by atoms with E-state index in [-0.39, 0.29) is 5.91 Å². The summed E-state index contributed by atoms with van der Waals surface area (Å²) in [6, 6.07) is 16.1. The fourth-order valence-electron chi connectivity index (χ4n) is 3.18. The van der Waals surface area contributed by atoms with Crippen LogP contribution in [-0.4, -0.2) is 61.8 Å². The maximum absolute atomic E-state index is 12.9. The Hall–Kier alpha value is -2.24. The zero-order chi connectivity index (χ0) is 19.1. The first-order valence-corrected chi connectivity index (χ1v) is 10.4. The van der Waals surface area contributed by atoms with Gasteiger partial charge in [-0.15, -0.1) is 11.8 Å². The van der Waals surface area contributed by atoms with Crippen molar-refractivity contribution in [3.63, 3.8) is 0 Å². The van der Waals surface area contributed by atoms with Crippen molar-refractivity contribution in [1.82, 2.24) is 9.80 Å². The summed E-state index contributed by atoms with van der Waals surface area (Å²) >= 11 is 1.64. The number of methoxy groups -OCH3 is 1. The smallest absolute Gasteiger partial charge is 0.257 e. The van der Waals surface area contributed by atoms with E-state index in [0.717, 1.165) is 37.6 Å². The molecule has 1 aliphatic rings. The molecule has 1 fully saturated rings. The molecule has 0 atom stereocenters. The third kappa shape index (κ3) is 5.15. The largest absolute Gasteiger partial charge is 0.496 e. The van der Waals surface area contributed by atoms with Crippen LogP contribution in [0, 0.1) is 0 Å². The standard InChI is InChI=1S/C22H26N2O2S/c1-26-21-17-19(27-2)10-11-20(21)22(25)24-15-13-23(14-16-24)12-6-9-18-7-4-3-5-8-18/h3-11,17H,12-16H2,1-2H3. The molecule has 0 spiro atoms. The fraction of sp³-hybridized carbons (Fsp3) is 0.318. The lowest BCUT2D eigenvalue weighted by Crippen LogP contribution is -2.48. The molecule has 142 valence electrons. The van der Waals surface area contributed by atoms with Gasteiger partial charge in [-0.3, -0.25) is 9.69 Å². The van der Waals surface area contributed by atoms with Crippen LogP contribution in [0.3, 0.4) is 0 Å². The zero-order valence-electron chi connectivity index (χ0n) is 15.9. The third-order valence-electron chi connectivity index (χ3n) is 4.77. The molecular formula is C22H26N2O2S. The number of hydrogen-bond donors (Lipinski definition) is 0. The van der Waals surface area contributed by atoms with E-state index in [4.69, 9.17) is 4.74 Å². The van der Waals surface area contributed by atoms with E-state index in [2.05, 4.69) is 29.2 Å². The highest BCUT2D eigenvalue weighted by molar-refractivity contribution is 7.98. The number of ether oxygens (including phenoxy) is 1. The molecule has 0 N–H and O–H groups in total. The van der Waals surface area contributed by atoms with Crippen LogP contribution in [0.1, 0.15) is 15.9 Å². The van der Waals surface area contributed by atoms with Gasteiger partial charge in [0.1, 0.15) is 5.75 Å². The monoisotopic (exact) mass is 382 g/mol. The summed E-state index contributed by atoms with van der Waals surface area (Å²) in [4.78, 5) is 18.3. The maximum atomic E-state index is 12.9. The number of carbonyl (C=O) groups excluding carboxylic acids is 1. The van der Waals surface area contributed by atoms with Crippen LogP contribution in [0.15, 0.2) is 59.5 Å². The van der Waals surface area contributed by atoms with Crippen LogP contribution in [0.4, 0.5) is 0 Å². The first-order valence-electron chi connectivity index (χ1n) is 9.16. The molecule has 0 radical (unpaired) electrons. The molecule has 3 rings (SSSR count). The van der Waals surface area contributed by atoms with E-state index in [1.807, 2.05) is 47.6 Å². The summed E-state index contributed by atoms with van der Waals surface area (Å²) in [7, 11) is 1.62. The Labute approximate surface area is 165 Å². The number of thioether (sulfide) groups is 1. The van der Waals surface area contributed by atoms with Crippen LogP contribution < -0.4 is 4.74 Å². The normalized spacial score (nSPS) is 15.3. The molecule has 0 unspecified atom stereocenters. The van der Waals surface area contributed by atoms with Crippen molar-refractivity contribution in [2.75, 3.05) is 46.1 Å². The minimum atomic E-state index is 0.0546. The minimum Gasteiger partial charge on any atom is -0.496 e. The van der Waals surface area contributed by atoms with Crippen molar-refractivity contribution in [1.29, 1.82) is 0 Å². The molecule has 1 heterocycles. The van der Waals surface area contributed by atoms with Crippen molar-refractivity contribution >= 4 is 23.7 Å². The van der Waals surface area contributed by atoms with Gasteiger partial charge in [-0.25, -0.2) is 0 Å². The van der Waals surface area contributed by atoms with Crippen LogP contribution in [0.5, 0.6) is 5.75 Å². The molecule has 0 aromatic heterocycles. The highest BCUT2D eigenvalue weighted by Crippen LogP contribution is 2.26. The lowest BCUT2D eigenvalue weighted by atomic mass is 10.1. The molecule has 27 heavy (non-hydrogen) atoms. The lowest BCUT2D eigenvalue weighted by Gasteiger charge is -2.34. The fourth-order valence-corrected chi connectivity index (χ4v) is 3.61. The van der Waals surface area contributed by atoms with Gasteiger partial charge in [-0.05, 0) is 30.0 Å². The van der Waals surface area contributed by atoms with E-state index in [0.29, 0.717) is 11.3 Å². The van der Waals surface area contributed by atoms with Gasteiger partial charge in [0, 0.05) is 37.6 Å². The Morgan fingerprint density at radius 2 is 1.85 bits per heavy atom. The van der Waals surface area contributed by atoms with Crippen molar-refractivity contribution in [2.24, 2.45) is 0 Å². The third-order valence-corrected chi connectivity index (χ3v) is 5.50. The predicted molar refractivity (Wildman–Crippen MR) is 113 cm³/mol. The van der Waals surface area contributed by atoms with Gasteiger partial charge in [0.25, 0.3) is 5.91 Å². The first kappa shape index (κ1) is 19.5. The van der Waals surface area contributed by atoms with Crippen LogP contribution in [0.25, 0.3) is 6.08 Å². The minimum absolute atomic E-state index is 0.0546. The Morgan fingerprint density at radius 3 is 2.52 bits per heavy atom. The van der Waals surface area contributed by atoms with Crippen LogP contribution in [-0.2, 0) is 0 Å². The average Bonchev–Trinajstić information content (AvgIpc) is 2.74. The average molecular weight is 383 g/mol. The Kier molecular flexibility index (Phi) is 6.96. The summed E-state index contributed by atoms with van der Waals surface area (Å²) in [5, 5.41) is 0. The van der Waals surface area contributed by atoms with Crippen molar-refractivity contribution < 1.29 is 9.53 Å². The molecule has 1 saturated heterocycles. The molecule has 1 aliphatic heterocycles. The Bertz CT molecular complexity index is 784. The van der Waals surface area contributed by atoms with Crippen molar-refractivity contribution in [3.05, 3.63) is 65.7 Å². The SMILES string of the molecule is COc1cc(SC)ccc1C(=O)N1CCN(CC=Cc2ccccc2)CC1. The quantitative estimate of drug-likeness (QED) is 0.710. The van der Waals surface area contributed by atoms with Gasteiger partial charge in [-0.1, -0.05) is 42.5 Å². The van der Waals surface area contributed by atoms with E-state index in [1.54, 1.807) is 18.9 Å². The number of nitrogens with zero attached hydrogens (tertiary/aromatic N) is 2. The van der Waals surface area contributed by atoms with Gasteiger partial charge in [0.2, 0.25) is 0 Å². The van der Waals surface area contributed by atoms with Crippen molar-refractivity contribution in [3.8, 4) is 5.75 Å². The molecule has 5 heteroatoms. The van der Waals surface area contributed by atoms with Crippen LogP contribution in [0.2, 0.25) is 0 Å². The van der Waals surface area contributed by atoms with E-state index < -0.39 is 0 Å². The summed E-state index contributed by atoms with van der Waals surface area (Å²) < 4.78 is 5.44. The zero-order valence-corrected chi connectivity index (χ0v) is 16.7. The highest BCUT2D eigenvalue weighted by atomic mass is 32.2. The summed E-state index contributed by atoms with van der Waals surface area (Å²) in [5.74, 6) is 0.707. The molecule has 1 amide bonds. The number of benzene rings is 2. The molecule has 0 bridgehead atoms. The summed E-state index contributed by atoms with van der Waals surface area (Å²) in [6.07, 6.45) is 6.36. The first-order chi connectivity index (χ1) is 13.2. The van der Waals surface area contributed by atoms with E-state index >= 15 is 0 Å². The number of piperazine rings is 1. The number of rotatable bonds is 6. The lowest BCUT2D eigenvalue weighted by molar-refractivity contribution is 0.0647. The number of hydrogen-bond acceptors (Lipinski definition) is 4. The van der Waals surface area contributed by atoms with Gasteiger partial charge >= 0.3 is 0 Å². The maximum Gasteiger partial charge on any atom is 0.257 e. The van der Waals surface area contributed by atoms with E-state index in [9.17, 15) is 4.79 Å². The molecule has 4 nitrogen and oxygen atoms in total. The van der Waals surface area contributed by atoms with Gasteiger partial charge in [-0.2, -0.15) is 0 Å². The highest BCUT2D eigenvalue weighted by Gasteiger charge is 2.24. The van der Waals surface area contributed by atoms with Crippen molar-refractivity contribution in [2.45, 2.75) is 4.90 Å². The number of amides is 1. The molecule has 0 aliphatic carbocycles. The summed E-state index contributed by atoms with van der Waals surface area (Å²) in [5.41, 5.74) is 1.86. The Morgan fingerprint density at radius 1 is 1.11 bits per heavy atom. The Balaban J connectivity index is 1.54. The number of carbonyl (C=O) groups is 1. The van der Waals surface area contributed by atoms with Gasteiger partial charge in [0.15, 0.2) is 0 Å². The van der Waals surface area contributed by atoms with E-state index in [1.165, 1.54) is 5.56 Å². The molecule has 2 aromatic rings. The van der Waals surface area contributed by atoms with Gasteiger partial charge < -0.3 is 9.64 Å². The summed E-state index contributed by atoms with van der Waals surface area (Å²) in [6.45, 7) is 4.16. The second kappa shape index (κ2) is 9.62. The molecule has 2 aromatic carbocycles.